The predicted octanol–water partition coefficient (Wildman–Crippen LogP) is 5.04. The molecule has 1 heterocycles. The fourth-order valence-electron chi connectivity index (χ4n) is 4.30. The van der Waals surface area contributed by atoms with Crippen molar-refractivity contribution in [3.63, 3.8) is 0 Å². The van der Waals surface area contributed by atoms with E-state index in [1.165, 1.54) is 16.7 Å². The highest BCUT2D eigenvalue weighted by Crippen LogP contribution is 2.51. The maximum atomic E-state index is 11.1. The molecule has 0 radical (unpaired) electrons. The van der Waals surface area contributed by atoms with Gasteiger partial charge in [-0.15, -0.1) is 0 Å². The van der Waals surface area contributed by atoms with Gasteiger partial charge in [0.15, 0.2) is 0 Å². The van der Waals surface area contributed by atoms with E-state index in [1.54, 1.807) is 18.2 Å². The van der Waals surface area contributed by atoms with Crippen molar-refractivity contribution in [2.24, 2.45) is 5.92 Å². The average molecular weight is 320 g/mol. The third-order valence-corrected chi connectivity index (χ3v) is 5.26. The van der Waals surface area contributed by atoms with Gasteiger partial charge < -0.3 is 5.32 Å². The summed E-state index contributed by atoms with van der Waals surface area (Å²) in [5.74, 6) is 0.784. The summed E-state index contributed by atoms with van der Waals surface area (Å²) in [6.07, 6.45) is 5.55. The molecule has 0 fully saturated rings. The lowest BCUT2D eigenvalue weighted by Crippen LogP contribution is -2.29. The molecule has 0 saturated heterocycles. The van der Waals surface area contributed by atoms with Gasteiger partial charge in [-0.3, -0.25) is 10.1 Å². The summed E-state index contributed by atoms with van der Waals surface area (Å²) in [7, 11) is 0. The topological polar surface area (TPSA) is 55.2 Å². The molecule has 0 amide bonds. The van der Waals surface area contributed by atoms with E-state index in [-0.39, 0.29) is 16.7 Å². The molecule has 1 N–H and O–H groups in total. The van der Waals surface area contributed by atoms with E-state index in [9.17, 15) is 10.1 Å². The number of nitrogens with zero attached hydrogens (tertiary/aromatic N) is 1. The van der Waals surface area contributed by atoms with Gasteiger partial charge in [-0.05, 0) is 54.5 Å². The number of hydrogen-bond donors (Lipinski definition) is 1. The molecule has 0 aromatic heterocycles. The Morgan fingerprint density at radius 1 is 1.21 bits per heavy atom. The van der Waals surface area contributed by atoms with Gasteiger partial charge in [0.1, 0.15) is 0 Å². The standard InChI is InChI=1S/C20H20N2O2/c1-12-9-13(2)19-16-7-4-8-17(16)20(21-18(19)10-12)14-5-3-6-15(11-14)22(23)24/h3-7,9-11,16-17,20-21H,8H2,1-2H3. The van der Waals surface area contributed by atoms with Crippen LogP contribution in [-0.4, -0.2) is 4.92 Å². The van der Waals surface area contributed by atoms with Crippen molar-refractivity contribution in [2.75, 3.05) is 5.32 Å². The highest BCUT2D eigenvalue weighted by atomic mass is 16.6. The van der Waals surface area contributed by atoms with E-state index in [0.29, 0.717) is 11.8 Å². The summed E-state index contributed by atoms with van der Waals surface area (Å²) in [4.78, 5) is 10.8. The van der Waals surface area contributed by atoms with Gasteiger partial charge in [-0.25, -0.2) is 0 Å². The number of aryl methyl sites for hydroxylation is 2. The van der Waals surface area contributed by atoms with Crippen LogP contribution in [0.2, 0.25) is 0 Å². The minimum absolute atomic E-state index is 0.0959. The van der Waals surface area contributed by atoms with Crippen LogP contribution in [0, 0.1) is 29.9 Å². The van der Waals surface area contributed by atoms with E-state index in [1.807, 2.05) is 6.07 Å². The van der Waals surface area contributed by atoms with Crippen molar-refractivity contribution < 1.29 is 4.92 Å². The van der Waals surface area contributed by atoms with Crippen molar-refractivity contribution >= 4 is 11.4 Å². The Hall–Kier alpha value is -2.62. The molecule has 0 spiro atoms. The maximum absolute atomic E-state index is 11.1. The van der Waals surface area contributed by atoms with Crippen molar-refractivity contribution in [1.29, 1.82) is 0 Å². The second-order valence-electron chi connectivity index (χ2n) is 6.87. The molecule has 4 heteroatoms. The molecular weight excluding hydrogens is 300 g/mol. The van der Waals surface area contributed by atoms with Crippen LogP contribution in [0.15, 0.2) is 48.6 Å². The average Bonchev–Trinajstić information content (AvgIpc) is 3.02. The Balaban J connectivity index is 1.81. The van der Waals surface area contributed by atoms with E-state index >= 15 is 0 Å². The number of nitro benzene ring substituents is 1. The number of benzene rings is 2. The number of fused-ring (bicyclic) bond motifs is 3. The molecule has 2 aliphatic rings. The summed E-state index contributed by atoms with van der Waals surface area (Å²) in [5.41, 5.74) is 6.24. The number of nitro groups is 1. The summed E-state index contributed by atoms with van der Waals surface area (Å²) >= 11 is 0. The van der Waals surface area contributed by atoms with Crippen molar-refractivity contribution in [1.82, 2.24) is 0 Å². The normalized spacial score (nSPS) is 24.2. The van der Waals surface area contributed by atoms with E-state index in [2.05, 4.69) is 43.4 Å². The largest absolute Gasteiger partial charge is 0.378 e. The molecule has 0 bridgehead atoms. The van der Waals surface area contributed by atoms with Crippen LogP contribution in [0.1, 0.15) is 40.6 Å². The van der Waals surface area contributed by atoms with Crippen molar-refractivity contribution in [2.45, 2.75) is 32.2 Å². The smallest absolute Gasteiger partial charge is 0.269 e. The first kappa shape index (κ1) is 14.9. The Morgan fingerprint density at radius 2 is 2.04 bits per heavy atom. The lowest BCUT2D eigenvalue weighted by molar-refractivity contribution is -0.384. The third kappa shape index (κ3) is 2.30. The first-order chi connectivity index (χ1) is 11.5. The van der Waals surface area contributed by atoms with Crippen molar-refractivity contribution in [3.05, 3.63) is 80.9 Å². The molecule has 2 aromatic rings. The highest BCUT2D eigenvalue weighted by Gasteiger charge is 2.39. The number of allylic oxidation sites excluding steroid dienone is 2. The van der Waals surface area contributed by atoms with Crippen LogP contribution in [0.5, 0.6) is 0 Å². The van der Waals surface area contributed by atoms with E-state index < -0.39 is 0 Å². The number of non-ortho nitro benzene ring substituents is 1. The molecule has 0 saturated carbocycles. The van der Waals surface area contributed by atoms with Crippen LogP contribution >= 0.6 is 0 Å². The number of rotatable bonds is 2. The lowest BCUT2D eigenvalue weighted by Gasteiger charge is -2.38. The molecular formula is C20H20N2O2. The van der Waals surface area contributed by atoms with E-state index in [4.69, 9.17) is 0 Å². The quantitative estimate of drug-likeness (QED) is 0.479. The molecule has 1 aliphatic carbocycles. The summed E-state index contributed by atoms with van der Waals surface area (Å²) < 4.78 is 0. The first-order valence-corrected chi connectivity index (χ1v) is 8.33. The molecule has 24 heavy (non-hydrogen) atoms. The Morgan fingerprint density at radius 3 is 2.83 bits per heavy atom. The molecule has 3 unspecified atom stereocenters. The van der Waals surface area contributed by atoms with Crippen LogP contribution in [0.4, 0.5) is 11.4 Å². The lowest BCUT2D eigenvalue weighted by atomic mass is 9.75. The second kappa shape index (κ2) is 5.48. The van der Waals surface area contributed by atoms with Gasteiger partial charge in [0.05, 0.1) is 11.0 Å². The highest BCUT2D eigenvalue weighted by molar-refractivity contribution is 5.64. The Labute approximate surface area is 141 Å². The minimum atomic E-state index is -0.320. The Bertz CT molecular complexity index is 857. The van der Waals surface area contributed by atoms with Gasteiger partial charge in [-0.1, -0.05) is 30.4 Å². The zero-order valence-corrected chi connectivity index (χ0v) is 13.8. The maximum Gasteiger partial charge on any atom is 0.269 e. The molecule has 2 aromatic carbocycles. The fraction of sp³-hybridized carbons (Fsp3) is 0.300. The van der Waals surface area contributed by atoms with Gasteiger partial charge in [0, 0.05) is 23.7 Å². The summed E-state index contributed by atoms with van der Waals surface area (Å²) in [6, 6.07) is 11.6. The third-order valence-electron chi connectivity index (χ3n) is 5.26. The first-order valence-electron chi connectivity index (χ1n) is 8.33. The van der Waals surface area contributed by atoms with Gasteiger partial charge in [0.2, 0.25) is 0 Å². The van der Waals surface area contributed by atoms with Gasteiger partial charge in [0.25, 0.3) is 5.69 Å². The predicted molar refractivity (Wildman–Crippen MR) is 95.4 cm³/mol. The monoisotopic (exact) mass is 320 g/mol. The number of anilines is 1. The molecule has 3 atom stereocenters. The fourth-order valence-corrected chi connectivity index (χ4v) is 4.30. The number of nitrogens with one attached hydrogen (secondary N) is 1. The molecule has 4 nitrogen and oxygen atoms in total. The van der Waals surface area contributed by atoms with Crippen LogP contribution < -0.4 is 5.32 Å². The van der Waals surface area contributed by atoms with Crippen LogP contribution in [0.3, 0.4) is 0 Å². The molecule has 4 rings (SSSR count). The molecule has 1 aliphatic heterocycles. The molecule has 122 valence electrons. The van der Waals surface area contributed by atoms with Gasteiger partial charge >= 0.3 is 0 Å². The van der Waals surface area contributed by atoms with Crippen LogP contribution in [-0.2, 0) is 0 Å². The SMILES string of the molecule is Cc1cc(C)c2c(c1)NC(c1cccc([N+](=O)[O-])c1)C1CC=CC21. The zero-order valence-electron chi connectivity index (χ0n) is 13.8. The number of hydrogen-bond acceptors (Lipinski definition) is 3. The minimum Gasteiger partial charge on any atom is -0.378 e. The van der Waals surface area contributed by atoms with Crippen molar-refractivity contribution in [3.8, 4) is 0 Å². The van der Waals surface area contributed by atoms with Gasteiger partial charge in [-0.2, -0.15) is 0 Å². The summed E-state index contributed by atoms with van der Waals surface area (Å²) in [5, 5.41) is 14.8. The zero-order chi connectivity index (χ0) is 16.8. The van der Waals surface area contributed by atoms with Crippen LogP contribution in [0.25, 0.3) is 0 Å². The summed E-state index contributed by atoms with van der Waals surface area (Å²) in [6.45, 7) is 4.28. The Kier molecular flexibility index (Phi) is 3.41. The second-order valence-corrected chi connectivity index (χ2v) is 6.87. The van der Waals surface area contributed by atoms with E-state index in [0.717, 1.165) is 17.7 Å².